The highest BCUT2D eigenvalue weighted by Crippen LogP contribution is 2.31. The maximum atomic E-state index is 12.1. The molecule has 1 heterocycles. The van der Waals surface area contributed by atoms with Gasteiger partial charge in [-0.15, -0.1) is 0 Å². The summed E-state index contributed by atoms with van der Waals surface area (Å²) in [4.78, 5) is 29.6. The second-order valence-electron chi connectivity index (χ2n) is 4.94. The smallest absolute Gasteiger partial charge is 0.332 e. The summed E-state index contributed by atoms with van der Waals surface area (Å²) in [6, 6.07) is 1.41. The summed E-state index contributed by atoms with van der Waals surface area (Å²) in [5.41, 5.74) is -0.613. The van der Waals surface area contributed by atoms with Crippen molar-refractivity contribution in [2.45, 2.75) is 19.4 Å². The van der Waals surface area contributed by atoms with Crippen LogP contribution in [0.1, 0.15) is 12.8 Å². The van der Waals surface area contributed by atoms with Gasteiger partial charge < -0.3 is 4.90 Å². The lowest BCUT2D eigenvalue weighted by Gasteiger charge is -2.11. The van der Waals surface area contributed by atoms with Crippen LogP contribution in [0.4, 0.5) is 5.82 Å². The Morgan fingerprint density at radius 2 is 2.11 bits per heavy atom. The molecule has 98 valence electrons. The van der Waals surface area contributed by atoms with E-state index in [0.717, 1.165) is 17.4 Å². The van der Waals surface area contributed by atoms with Gasteiger partial charge in [0.05, 0.1) is 6.34 Å². The minimum atomic E-state index is -0.321. The summed E-state index contributed by atoms with van der Waals surface area (Å²) in [7, 11) is 5.18. The van der Waals surface area contributed by atoms with E-state index in [4.69, 9.17) is 0 Å². The summed E-state index contributed by atoms with van der Waals surface area (Å²) in [5, 5.41) is 0. The molecule has 6 nitrogen and oxygen atoms in total. The Morgan fingerprint density at radius 3 is 2.67 bits per heavy atom. The Balaban J connectivity index is 2.47. The van der Waals surface area contributed by atoms with E-state index in [1.807, 2.05) is 14.1 Å². The predicted octanol–water partition coefficient (Wildman–Crippen LogP) is 0.178. The fourth-order valence-electron chi connectivity index (χ4n) is 1.67. The van der Waals surface area contributed by atoms with Gasteiger partial charge in [0.2, 0.25) is 0 Å². The van der Waals surface area contributed by atoms with Gasteiger partial charge in [-0.1, -0.05) is 0 Å². The van der Waals surface area contributed by atoms with Crippen LogP contribution in [-0.4, -0.2) is 34.5 Å². The number of hydrogen-bond donors (Lipinski definition) is 0. The van der Waals surface area contributed by atoms with Crippen molar-refractivity contribution in [3.8, 4) is 0 Å². The topological polar surface area (TPSA) is 59.6 Å². The minimum Gasteiger partial charge on any atom is -0.369 e. The Bertz CT molecular complexity index is 579. The number of nitrogens with zero attached hydrogens (tertiary/aromatic N) is 4. The van der Waals surface area contributed by atoms with E-state index >= 15 is 0 Å². The highest BCUT2D eigenvalue weighted by molar-refractivity contribution is 5.58. The summed E-state index contributed by atoms with van der Waals surface area (Å²) >= 11 is 0. The fraction of sp³-hybridized carbons (Fsp3) is 0.583. The van der Waals surface area contributed by atoms with Crippen LogP contribution < -0.4 is 11.2 Å². The summed E-state index contributed by atoms with van der Waals surface area (Å²) in [6.07, 6.45) is 3.88. The van der Waals surface area contributed by atoms with Crippen LogP contribution in [0.25, 0.3) is 0 Å². The molecular formula is C12H18N4O2. The highest BCUT2D eigenvalue weighted by Gasteiger charge is 2.23. The van der Waals surface area contributed by atoms with Crippen molar-refractivity contribution in [1.82, 2.24) is 14.0 Å². The molecule has 2 rings (SSSR count). The van der Waals surface area contributed by atoms with Crippen LogP contribution in [-0.2, 0) is 13.6 Å². The molecular weight excluding hydrogens is 232 g/mol. The van der Waals surface area contributed by atoms with E-state index in [9.17, 15) is 9.59 Å². The van der Waals surface area contributed by atoms with Crippen molar-refractivity contribution in [2.24, 2.45) is 18.0 Å². The third kappa shape index (κ3) is 2.69. The zero-order chi connectivity index (χ0) is 13.3. The van der Waals surface area contributed by atoms with E-state index in [1.54, 1.807) is 15.8 Å². The molecule has 1 aliphatic rings. The van der Waals surface area contributed by atoms with Crippen molar-refractivity contribution in [1.29, 1.82) is 0 Å². The molecule has 1 saturated carbocycles. The number of aliphatic imine (C=N–C) groups is 1. The highest BCUT2D eigenvalue weighted by atomic mass is 16.2. The Kier molecular flexibility index (Phi) is 3.36. The van der Waals surface area contributed by atoms with Crippen molar-refractivity contribution >= 4 is 12.2 Å². The first-order valence-corrected chi connectivity index (χ1v) is 6.00. The van der Waals surface area contributed by atoms with E-state index in [-0.39, 0.29) is 11.2 Å². The molecule has 0 amide bonds. The molecule has 0 bridgehead atoms. The zero-order valence-corrected chi connectivity index (χ0v) is 11.0. The molecule has 0 aliphatic heterocycles. The summed E-state index contributed by atoms with van der Waals surface area (Å²) in [6.45, 7) is 0.646. The molecule has 0 spiro atoms. The normalized spacial score (nSPS) is 15.3. The molecule has 1 aromatic heterocycles. The molecule has 0 atom stereocenters. The fourth-order valence-corrected chi connectivity index (χ4v) is 1.67. The van der Waals surface area contributed by atoms with Crippen LogP contribution in [0.3, 0.4) is 0 Å². The Hall–Kier alpha value is -1.85. The van der Waals surface area contributed by atoms with Crippen molar-refractivity contribution in [2.75, 3.05) is 14.1 Å². The van der Waals surface area contributed by atoms with Crippen LogP contribution in [0, 0.1) is 5.92 Å². The molecule has 1 aliphatic carbocycles. The first-order chi connectivity index (χ1) is 8.49. The average molecular weight is 250 g/mol. The molecule has 6 heteroatoms. The van der Waals surface area contributed by atoms with E-state index < -0.39 is 0 Å². The lowest BCUT2D eigenvalue weighted by atomic mass is 10.4. The Labute approximate surface area is 105 Å². The Morgan fingerprint density at radius 1 is 1.44 bits per heavy atom. The third-order valence-electron chi connectivity index (χ3n) is 2.94. The average Bonchev–Trinajstić information content (AvgIpc) is 3.11. The van der Waals surface area contributed by atoms with Crippen molar-refractivity contribution < 1.29 is 0 Å². The first kappa shape index (κ1) is 12.6. The van der Waals surface area contributed by atoms with Gasteiger partial charge in [-0.2, -0.15) is 0 Å². The number of hydrogen-bond acceptors (Lipinski definition) is 3. The summed E-state index contributed by atoms with van der Waals surface area (Å²) in [5.74, 6) is 0.984. The maximum Gasteiger partial charge on any atom is 0.332 e. The largest absolute Gasteiger partial charge is 0.369 e. The van der Waals surface area contributed by atoms with Crippen LogP contribution in [0.15, 0.2) is 20.6 Å². The minimum absolute atomic E-state index is 0.291. The van der Waals surface area contributed by atoms with E-state index in [2.05, 4.69) is 4.99 Å². The lowest BCUT2D eigenvalue weighted by Crippen LogP contribution is -2.37. The number of aromatic nitrogens is 2. The van der Waals surface area contributed by atoms with Gasteiger partial charge in [0.25, 0.3) is 5.56 Å². The standard InChI is InChI=1S/C12H18N4O2/c1-14(2)8-13-10-6-11(17)15(3)12(18)16(10)7-9-4-5-9/h6,8-9H,4-5,7H2,1-3H3. The van der Waals surface area contributed by atoms with Gasteiger partial charge in [-0.25, -0.2) is 9.79 Å². The summed E-state index contributed by atoms with van der Waals surface area (Å²) < 4.78 is 2.70. The SMILES string of the molecule is CN(C)C=Nc1cc(=O)n(C)c(=O)n1CC1CC1. The maximum absolute atomic E-state index is 12.1. The monoisotopic (exact) mass is 250 g/mol. The second kappa shape index (κ2) is 4.80. The molecule has 1 fully saturated rings. The van der Waals surface area contributed by atoms with Crippen LogP contribution >= 0.6 is 0 Å². The van der Waals surface area contributed by atoms with Gasteiger partial charge in [0.15, 0.2) is 0 Å². The van der Waals surface area contributed by atoms with Gasteiger partial charge in [-0.3, -0.25) is 13.9 Å². The van der Waals surface area contributed by atoms with Gasteiger partial charge in [0, 0.05) is 33.8 Å². The number of rotatable bonds is 4. The van der Waals surface area contributed by atoms with Gasteiger partial charge in [-0.05, 0) is 18.8 Å². The molecule has 1 aromatic rings. The molecule has 0 N–H and O–H groups in total. The van der Waals surface area contributed by atoms with E-state index in [0.29, 0.717) is 18.3 Å². The van der Waals surface area contributed by atoms with Crippen LogP contribution in [0.5, 0.6) is 0 Å². The molecule has 18 heavy (non-hydrogen) atoms. The molecule has 0 aromatic carbocycles. The van der Waals surface area contributed by atoms with Crippen molar-refractivity contribution in [3.63, 3.8) is 0 Å². The zero-order valence-electron chi connectivity index (χ0n) is 11.0. The molecule has 0 radical (unpaired) electrons. The van der Waals surface area contributed by atoms with Crippen molar-refractivity contribution in [3.05, 3.63) is 26.9 Å². The second-order valence-corrected chi connectivity index (χ2v) is 4.94. The lowest BCUT2D eigenvalue weighted by molar-refractivity contribution is 0.561. The van der Waals surface area contributed by atoms with Gasteiger partial charge >= 0.3 is 5.69 Å². The predicted molar refractivity (Wildman–Crippen MR) is 70.5 cm³/mol. The van der Waals surface area contributed by atoms with E-state index in [1.165, 1.54) is 13.1 Å². The molecule has 0 saturated heterocycles. The third-order valence-corrected chi connectivity index (χ3v) is 2.94. The first-order valence-electron chi connectivity index (χ1n) is 6.00. The molecule has 0 unspecified atom stereocenters. The quantitative estimate of drug-likeness (QED) is 0.565. The van der Waals surface area contributed by atoms with Gasteiger partial charge in [0.1, 0.15) is 5.82 Å². The van der Waals surface area contributed by atoms with Crippen LogP contribution in [0.2, 0.25) is 0 Å².